The van der Waals surface area contributed by atoms with E-state index in [-0.39, 0.29) is 35.1 Å². The number of carbonyl (C=O) groups is 3. The maximum Gasteiger partial charge on any atom is 0.328 e. The summed E-state index contributed by atoms with van der Waals surface area (Å²) in [6, 6.07) is 7.94. The van der Waals surface area contributed by atoms with Crippen molar-refractivity contribution in [3.05, 3.63) is 88.4 Å². The van der Waals surface area contributed by atoms with Crippen LogP contribution in [-0.4, -0.2) is 49.1 Å². The van der Waals surface area contributed by atoms with E-state index in [9.17, 15) is 27.6 Å². The lowest BCUT2D eigenvalue weighted by molar-refractivity contribution is -0.145. The number of hydrogen-bond donors (Lipinski definition) is 3. The minimum Gasteiger partial charge on any atom is -0.492 e. The number of aryl methyl sites for hydroxylation is 1. The molecule has 1 aromatic heterocycles. The largest absolute Gasteiger partial charge is 0.492 e. The Morgan fingerprint density at radius 3 is 2.51 bits per heavy atom. The second-order valence-corrected chi connectivity index (χ2v) is 10.2. The molecule has 1 unspecified atom stereocenters. The van der Waals surface area contributed by atoms with E-state index in [0.29, 0.717) is 35.5 Å². The molecule has 3 N–H and O–H groups in total. The molecular weight excluding hydrogens is 563 g/mol. The number of esters is 1. The van der Waals surface area contributed by atoms with Crippen LogP contribution in [0.25, 0.3) is 22.0 Å². The zero-order valence-corrected chi connectivity index (χ0v) is 23.6. The molecule has 0 saturated heterocycles. The van der Waals surface area contributed by atoms with Gasteiger partial charge in [0, 0.05) is 36.7 Å². The normalized spacial score (nSPS) is 13.4. The van der Waals surface area contributed by atoms with Crippen LogP contribution in [0.2, 0.25) is 0 Å². The SMILES string of the molecule is CCOC(=O)C(Cc1c[nH]c2c(F)cc(F)cc12)NC(=O)c1cc(-c2cc(F)cc(C(=O)NC)c2)cc2c1OCCCC2. The molecule has 224 valence electrons. The van der Waals surface area contributed by atoms with E-state index in [4.69, 9.17) is 9.47 Å². The van der Waals surface area contributed by atoms with Gasteiger partial charge in [-0.05, 0) is 84.8 Å². The van der Waals surface area contributed by atoms with Gasteiger partial charge in [-0.2, -0.15) is 0 Å². The van der Waals surface area contributed by atoms with Crippen molar-refractivity contribution in [1.29, 1.82) is 0 Å². The fourth-order valence-corrected chi connectivity index (χ4v) is 5.28. The van der Waals surface area contributed by atoms with Gasteiger partial charge in [0.05, 0.1) is 24.3 Å². The molecule has 1 aliphatic heterocycles. The first kappa shape index (κ1) is 29.7. The third-order valence-electron chi connectivity index (χ3n) is 7.31. The topological polar surface area (TPSA) is 110 Å². The molecule has 0 bridgehead atoms. The van der Waals surface area contributed by atoms with E-state index in [1.807, 2.05) is 0 Å². The highest BCUT2D eigenvalue weighted by molar-refractivity contribution is 6.01. The van der Waals surface area contributed by atoms with E-state index >= 15 is 0 Å². The van der Waals surface area contributed by atoms with Gasteiger partial charge in [-0.3, -0.25) is 9.59 Å². The van der Waals surface area contributed by atoms with Crippen LogP contribution in [0.4, 0.5) is 13.2 Å². The Balaban J connectivity index is 1.54. The van der Waals surface area contributed by atoms with Crippen LogP contribution in [0.5, 0.6) is 5.75 Å². The van der Waals surface area contributed by atoms with Crippen LogP contribution in [0.15, 0.2) is 48.7 Å². The summed E-state index contributed by atoms with van der Waals surface area (Å²) in [6.07, 6.45) is 3.48. The van der Waals surface area contributed by atoms with Crippen molar-refractivity contribution in [2.45, 2.75) is 38.6 Å². The van der Waals surface area contributed by atoms with E-state index in [1.54, 1.807) is 13.0 Å². The second-order valence-electron chi connectivity index (χ2n) is 10.2. The van der Waals surface area contributed by atoms with Crippen molar-refractivity contribution in [3.63, 3.8) is 0 Å². The Morgan fingerprint density at radius 2 is 1.74 bits per heavy atom. The molecule has 5 rings (SSSR count). The van der Waals surface area contributed by atoms with Gasteiger partial charge in [0.1, 0.15) is 29.2 Å². The van der Waals surface area contributed by atoms with Crippen LogP contribution < -0.4 is 15.4 Å². The molecule has 3 aromatic carbocycles. The van der Waals surface area contributed by atoms with Crippen LogP contribution in [0.1, 0.15) is 51.6 Å². The first-order valence-corrected chi connectivity index (χ1v) is 13.9. The lowest BCUT2D eigenvalue weighted by Gasteiger charge is -2.20. The standard InChI is InChI=1S/C32H30F3N3O5/c1-3-42-32(41)27(13-21-16-37-28-24(21)14-23(34)15-26(28)35)38-31(40)25-12-19(8-17-6-4-5-7-43-29(17)25)18-9-20(30(39)36-2)11-22(33)10-18/h8-12,14-16,27,37H,3-7,13H2,1-2H3,(H,36,39)(H,38,40). The predicted molar refractivity (Wildman–Crippen MR) is 153 cm³/mol. The second kappa shape index (κ2) is 12.6. The van der Waals surface area contributed by atoms with E-state index in [1.165, 1.54) is 31.4 Å². The number of aromatic amines is 1. The number of fused-ring (bicyclic) bond motifs is 2. The summed E-state index contributed by atoms with van der Waals surface area (Å²) in [7, 11) is 1.44. The van der Waals surface area contributed by atoms with Gasteiger partial charge >= 0.3 is 5.97 Å². The maximum absolute atomic E-state index is 14.6. The van der Waals surface area contributed by atoms with Gasteiger partial charge in [-0.25, -0.2) is 18.0 Å². The first-order valence-electron chi connectivity index (χ1n) is 13.9. The zero-order valence-electron chi connectivity index (χ0n) is 23.6. The number of carbonyl (C=O) groups excluding carboxylic acids is 3. The first-order chi connectivity index (χ1) is 20.7. The summed E-state index contributed by atoms with van der Waals surface area (Å²) in [5.74, 6) is -3.69. The molecule has 2 heterocycles. The third-order valence-corrected chi connectivity index (χ3v) is 7.31. The molecule has 0 aliphatic carbocycles. The molecule has 0 saturated carbocycles. The highest BCUT2D eigenvalue weighted by Crippen LogP contribution is 2.35. The van der Waals surface area contributed by atoms with E-state index in [2.05, 4.69) is 15.6 Å². The lowest BCUT2D eigenvalue weighted by atomic mass is 9.94. The molecule has 0 radical (unpaired) electrons. The highest BCUT2D eigenvalue weighted by Gasteiger charge is 2.28. The fourth-order valence-electron chi connectivity index (χ4n) is 5.28. The average molecular weight is 594 g/mol. The summed E-state index contributed by atoms with van der Waals surface area (Å²) in [5, 5.41) is 5.43. The number of amides is 2. The van der Waals surface area contributed by atoms with Gasteiger partial charge in [-0.15, -0.1) is 0 Å². The number of nitrogens with one attached hydrogen (secondary N) is 3. The van der Waals surface area contributed by atoms with Gasteiger partial charge in [0.2, 0.25) is 0 Å². The predicted octanol–water partition coefficient (Wildman–Crippen LogP) is 5.23. The molecule has 8 nitrogen and oxygen atoms in total. The lowest BCUT2D eigenvalue weighted by Crippen LogP contribution is -2.43. The smallest absolute Gasteiger partial charge is 0.328 e. The summed E-state index contributed by atoms with van der Waals surface area (Å²) < 4.78 is 54.1. The van der Waals surface area contributed by atoms with Crippen molar-refractivity contribution in [1.82, 2.24) is 15.6 Å². The quantitative estimate of drug-likeness (QED) is 0.243. The number of aromatic nitrogens is 1. The highest BCUT2D eigenvalue weighted by atomic mass is 19.1. The molecule has 0 fully saturated rings. The molecule has 0 spiro atoms. The Hall–Kier alpha value is -4.80. The number of benzene rings is 3. The number of halogens is 3. The van der Waals surface area contributed by atoms with Crippen molar-refractivity contribution in [2.75, 3.05) is 20.3 Å². The summed E-state index contributed by atoms with van der Waals surface area (Å²) in [5.41, 5.74) is 2.29. The number of H-pyrrole nitrogens is 1. The molecule has 2 amide bonds. The number of rotatable bonds is 8. The molecule has 4 aromatic rings. The van der Waals surface area contributed by atoms with Crippen molar-refractivity contribution in [2.24, 2.45) is 0 Å². The van der Waals surface area contributed by atoms with Crippen molar-refractivity contribution < 1.29 is 37.0 Å². The van der Waals surface area contributed by atoms with Crippen LogP contribution in [-0.2, 0) is 22.4 Å². The fraction of sp³-hybridized carbons (Fsp3) is 0.281. The van der Waals surface area contributed by atoms with Crippen LogP contribution in [0.3, 0.4) is 0 Å². The Kier molecular flexibility index (Phi) is 8.70. The average Bonchev–Trinajstić information content (AvgIpc) is 3.22. The summed E-state index contributed by atoms with van der Waals surface area (Å²) in [4.78, 5) is 41.8. The van der Waals surface area contributed by atoms with E-state index in [0.717, 1.165) is 36.6 Å². The molecule has 1 aliphatic rings. The Morgan fingerprint density at radius 1 is 0.977 bits per heavy atom. The minimum atomic E-state index is -1.21. The minimum absolute atomic E-state index is 0.0452. The van der Waals surface area contributed by atoms with E-state index < -0.39 is 41.3 Å². The Bertz CT molecular complexity index is 1720. The number of ether oxygens (including phenoxy) is 2. The molecular formula is C32H30F3N3O5. The molecule has 1 atom stereocenters. The van der Waals surface area contributed by atoms with Gasteiger partial charge in [0.25, 0.3) is 11.8 Å². The van der Waals surface area contributed by atoms with Crippen molar-refractivity contribution in [3.8, 4) is 16.9 Å². The van der Waals surface area contributed by atoms with Crippen molar-refractivity contribution >= 4 is 28.7 Å². The molecule has 11 heteroatoms. The monoisotopic (exact) mass is 593 g/mol. The van der Waals surface area contributed by atoms with Gasteiger partial charge < -0.3 is 25.1 Å². The van der Waals surface area contributed by atoms with Crippen LogP contribution >= 0.6 is 0 Å². The zero-order chi connectivity index (χ0) is 30.7. The van der Waals surface area contributed by atoms with Gasteiger partial charge in [-0.1, -0.05) is 0 Å². The Labute approximate surface area is 245 Å². The molecule has 43 heavy (non-hydrogen) atoms. The summed E-state index contributed by atoms with van der Waals surface area (Å²) >= 11 is 0. The maximum atomic E-state index is 14.6. The summed E-state index contributed by atoms with van der Waals surface area (Å²) in [6.45, 7) is 2.04. The van der Waals surface area contributed by atoms with Gasteiger partial charge in [0.15, 0.2) is 0 Å². The number of hydrogen-bond acceptors (Lipinski definition) is 5. The van der Waals surface area contributed by atoms with Crippen LogP contribution in [0, 0.1) is 17.5 Å². The third kappa shape index (κ3) is 6.35.